The molecule has 0 saturated carbocycles. The maximum Gasteiger partial charge on any atom is 0.278 e. The van der Waals surface area contributed by atoms with Gasteiger partial charge in [-0.15, -0.1) is 5.10 Å². The lowest BCUT2D eigenvalue weighted by Crippen LogP contribution is -2.13. The van der Waals surface area contributed by atoms with Crippen LogP contribution in [0.15, 0.2) is 22.9 Å². The second kappa shape index (κ2) is 4.29. The fraction of sp³-hybridized carbons (Fsp3) is 0.385. The van der Waals surface area contributed by atoms with E-state index in [1.165, 1.54) is 0 Å². The molecule has 7 heteroatoms. The van der Waals surface area contributed by atoms with Crippen LogP contribution in [-0.4, -0.2) is 31.8 Å². The van der Waals surface area contributed by atoms with E-state index in [1.54, 1.807) is 23.9 Å². The smallest absolute Gasteiger partial charge is 0.278 e. The van der Waals surface area contributed by atoms with Gasteiger partial charge < -0.3 is 9.26 Å². The van der Waals surface area contributed by atoms with Crippen LogP contribution in [-0.2, 0) is 5.41 Å². The molecule has 3 aromatic heterocycles. The normalized spacial score (nSPS) is 12.0. The van der Waals surface area contributed by atoms with E-state index in [1.807, 2.05) is 26.8 Å². The Bertz CT molecular complexity index is 754. The van der Waals surface area contributed by atoms with Gasteiger partial charge in [-0.1, -0.05) is 25.9 Å². The van der Waals surface area contributed by atoms with Gasteiger partial charge in [-0.05, 0) is 6.07 Å². The highest BCUT2D eigenvalue weighted by Gasteiger charge is 2.23. The lowest BCUT2D eigenvalue weighted by molar-refractivity contribution is 0.388. The van der Waals surface area contributed by atoms with Gasteiger partial charge in [0.1, 0.15) is 0 Å². The van der Waals surface area contributed by atoms with Crippen LogP contribution in [0.25, 0.3) is 17.2 Å². The Morgan fingerprint density at radius 2 is 2.05 bits per heavy atom. The minimum Gasteiger partial charge on any atom is -0.480 e. The molecule has 7 nitrogen and oxygen atoms in total. The molecule has 0 aliphatic carbocycles. The third kappa shape index (κ3) is 2.01. The maximum atomic E-state index is 5.31. The van der Waals surface area contributed by atoms with Crippen molar-refractivity contribution in [2.24, 2.45) is 0 Å². The molecule has 0 radical (unpaired) electrons. The molecule has 0 fully saturated rings. The average molecular weight is 273 g/mol. The molecule has 0 aliphatic heterocycles. The van der Waals surface area contributed by atoms with Gasteiger partial charge in [0.25, 0.3) is 5.89 Å². The molecular weight excluding hydrogens is 258 g/mol. The van der Waals surface area contributed by atoms with Gasteiger partial charge in [-0.2, -0.15) is 4.98 Å². The molecule has 3 rings (SSSR count). The van der Waals surface area contributed by atoms with E-state index in [9.17, 15) is 0 Å². The monoisotopic (exact) mass is 273 g/mol. The molecule has 0 amide bonds. The minimum absolute atomic E-state index is 0.173. The molecule has 20 heavy (non-hydrogen) atoms. The molecule has 3 aromatic rings. The van der Waals surface area contributed by atoms with Crippen LogP contribution < -0.4 is 4.74 Å². The zero-order chi connectivity index (χ0) is 14.3. The average Bonchev–Trinajstić information content (AvgIpc) is 3.03. The van der Waals surface area contributed by atoms with E-state index in [4.69, 9.17) is 9.26 Å². The lowest BCUT2D eigenvalue weighted by atomic mass is 9.96. The van der Waals surface area contributed by atoms with Crippen molar-refractivity contribution in [3.8, 4) is 17.5 Å². The Hall–Kier alpha value is -2.44. The zero-order valence-electron chi connectivity index (χ0n) is 11.8. The predicted molar refractivity (Wildman–Crippen MR) is 71.5 cm³/mol. The van der Waals surface area contributed by atoms with E-state index in [0.717, 1.165) is 0 Å². The number of hydrogen-bond acceptors (Lipinski definition) is 6. The molecular formula is C13H15N5O2. The van der Waals surface area contributed by atoms with Crippen LogP contribution in [0.1, 0.15) is 26.6 Å². The summed E-state index contributed by atoms with van der Waals surface area (Å²) in [6.07, 6.45) is 1.65. The van der Waals surface area contributed by atoms with Gasteiger partial charge in [0, 0.05) is 11.5 Å². The van der Waals surface area contributed by atoms with E-state index in [0.29, 0.717) is 28.9 Å². The van der Waals surface area contributed by atoms with Crippen molar-refractivity contribution in [2.45, 2.75) is 26.2 Å². The van der Waals surface area contributed by atoms with Crippen molar-refractivity contribution in [1.29, 1.82) is 0 Å². The van der Waals surface area contributed by atoms with Crippen LogP contribution in [0.2, 0.25) is 0 Å². The summed E-state index contributed by atoms with van der Waals surface area (Å²) in [6.45, 7) is 6.08. The van der Waals surface area contributed by atoms with Gasteiger partial charge in [0.2, 0.25) is 5.88 Å². The molecule has 0 aromatic carbocycles. The SMILES string of the molecule is COc1ccc2ncc(-c3nc(C(C)(C)C)no3)n2n1. The number of methoxy groups -OCH3 is 1. The van der Waals surface area contributed by atoms with Crippen LogP contribution in [0, 0.1) is 0 Å². The number of hydrogen-bond donors (Lipinski definition) is 0. The third-order valence-corrected chi connectivity index (χ3v) is 2.86. The second-order valence-electron chi connectivity index (χ2n) is 5.46. The summed E-state index contributed by atoms with van der Waals surface area (Å²) in [5.41, 5.74) is 1.16. The first-order chi connectivity index (χ1) is 9.49. The standard InChI is InChI=1S/C13H15N5O2/c1-13(2,3)12-15-11(20-17-12)8-7-14-9-5-6-10(19-4)16-18(8)9/h5-7H,1-4H3. The molecule has 0 N–H and O–H groups in total. The van der Waals surface area contributed by atoms with E-state index >= 15 is 0 Å². The van der Waals surface area contributed by atoms with Crippen LogP contribution in [0.5, 0.6) is 5.88 Å². The summed E-state index contributed by atoms with van der Waals surface area (Å²) in [5.74, 6) is 1.53. The first-order valence-corrected chi connectivity index (χ1v) is 6.22. The summed E-state index contributed by atoms with van der Waals surface area (Å²) in [7, 11) is 1.56. The second-order valence-corrected chi connectivity index (χ2v) is 5.46. The Labute approximate surface area is 115 Å². The molecule has 0 atom stereocenters. The topological polar surface area (TPSA) is 78.3 Å². The van der Waals surface area contributed by atoms with Gasteiger partial charge >= 0.3 is 0 Å². The Morgan fingerprint density at radius 3 is 2.70 bits per heavy atom. The van der Waals surface area contributed by atoms with Crippen molar-refractivity contribution in [3.63, 3.8) is 0 Å². The molecule has 104 valence electrons. The lowest BCUT2D eigenvalue weighted by Gasteiger charge is -2.10. The zero-order valence-corrected chi connectivity index (χ0v) is 11.8. The Morgan fingerprint density at radius 1 is 1.25 bits per heavy atom. The molecule has 0 saturated heterocycles. The number of fused-ring (bicyclic) bond motifs is 1. The predicted octanol–water partition coefficient (Wildman–Crippen LogP) is 2.09. The molecule has 3 heterocycles. The van der Waals surface area contributed by atoms with Crippen molar-refractivity contribution < 1.29 is 9.26 Å². The molecule has 0 bridgehead atoms. The van der Waals surface area contributed by atoms with E-state index in [-0.39, 0.29) is 5.41 Å². The quantitative estimate of drug-likeness (QED) is 0.711. The number of aromatic nitrogens is 5. The summed E-state index contributed by atoms with van der Waals surface area (Å²) in [5, 5.41) is 8.31. The number of rotatable bonds is 2. The van der Waals surface area contributed by atoms with Gasteiger partial charge in [-0.25, -0.2) is 9.50 Å². The largest absolute Gasteiger partial charge is 0.480 e. The Balaban J connectivity index is 2.12. The fourth-order valence-corrected chi connectivity index (χ4v) is 1.74. The number of ether oxygens (including phenoxy) is 1. The highest BCUT2D eigenvalue weighted by Crippen LogP contribution is 2.24. The minimum atomic E-state index is -0.173. The van der Waals surface area contributed by atoms with Gasteiger partial charge in [0.15, 0.2) is 17.2 Å². The maximum absolute atomic E-state index is 5.31. The molecule has 0 unspecified atom stereocenters. The summed E-state index contributed by atoms with van der Waals surface area (Å²) in [4.78, 5) is 8.67. The summed E-state index contributed by atoms with van der Waals surface area (Å²) in [6, 6.07) is 3.57. The Kier molecular flexibility index (Phi) is 2.70. The van der Waals surface area contributed by atoms with Crippen LogP contribution in [0.4, 0.5) is 0 Å². The van der Waals surface area contributed by atoms with Crippen LogP contribution >= 0.6 is 0 Å². The van der Waals surface area contributed by atoms with Crippen molar-refractivity contribution in [3.05, 3.63) is 24.2 Å². The van der Waals surface area contributed by atoms with Crippen molar-refractivity contribution in [2.75, 3.05) is 7.11 Å². The van der Waals surface area contributed by atoms with Crippen molar-refractivity contribution >= 4 is 5.65 Å². The first kappa shape index (κ1) is 12.6. The summed E-state index contributed by atoms with van der Waals surface area (Å²) >= 11 is 0. The van der Waals surface area contributed by atoms with Crippen molar-refractivity contribution in [1.82, 2.24) is 24.7 Å². The summed E-state index contributed by atoms with van der Waals surface area (Å²) < 4.78 is 12.1. The van der Waals surface area contributed by atoms with E-state index in [2.05, 4.69) is 20.2 Å². The van der Waals surface area contributed by atoms with Gasteiger partial charge in [0.05, 0.1) is 13.3 Å². The van der Waals surface area contributed by atoms with Crippen LogP contribution in [0.3, 0.4) is 0 Å². The first-order valence-electron chi connectivity index (χ1n) is 6.22. The third-order valence-electron chi connectivity index (χ3n) is 2.86. The van der Waals surface area contributed by atoms with Gasteiger partial charge in [-0.3, -0.25) is 0 Å². The molecule has 0 spiro atoms. The number of nitrogens with zero attached hydrogens (tertiary/aromatic N) is 5. The molecule has 0 aliphatic rings. The fourth-order valence-electron chi connectivity index (χ4n) is 1.74. The van der Waals surface area contributed by atoms with E-state index < -0.39 is 0 Å². The highest BCUT2D eigenvalue weighted by atomic mass is 16.5. The number of imidazole rings is 1. The highest BCUT2D eigenvalue weighted by molar-refractivity contribution is 5.54.